The molecule has 0 aliphatic rings. The third-order valence-electron chi connectivity index (χ3n) is 4.08. The van der Waals surface area contributed by atoms with Gasteiger partial charge >= 0.3 is 0 Å². The molecule has 1 unspecified atom stereocenters. The van der Waals surface area contributed by atoms with Crippen molar-refractivity contribution in [2.24, 2.45) is 0 Å². The van der Waals surface area contributed by atoms with Crippen molar-refractivity contribution in [1.82, 2.24) is 19.7 Å². The molecule has 2 N–H and O–H groups in total. The van der Waals surface area contributed by atoms with Gasteiger partial charge in [0.15, 0.2) is 0 Å². The first-order valence-electron chi connectivity index (χ1n) is 8.38. The van der Waals surface area contributed by atoms with Crippen molar-refractivity contribution in [2.75, 3.05) is 10.6 Å². The quantitative estimate of drug-likeness (QED) is 0.723. The van der Waals surface area contributed by atoms with Crippen molar-refractivity contribution < 1.29 is 4.79 Å². The highest BCUT2D eigenvalue weighted by molar-refractivity contribution is 5.93. The third-order valence-corrected chi connectivity index (χ3v) is 4.08. The van der Waals surface area contributed by atoms with Gasteiger partial charge in [0.05, 0.1) is 16.9 Å². The van der Waals surface area contributed by atoms with Gasteiger partial charge < -0.3 is 10.6 Å². The summed E-state index contributed by atoms with van der Waals surface area (Å²) in [6.45, 7) is 5.44. The molecule has 0 radical (unpaired) electrons. The fraction of sp³-hybridized carbons (Fsp3) is 0.211. The number of nitrogens with zero attached hydrogens (tertiary/aromatic N) is 5. The summed E-state index contributed by atoms with van der Waals surface area (Å²) in [6.07, 6.45) is 2.89. The molecule has 0 saturated carbocycles. The Kier molecular flexibility index (Phi) is 5.13. The molecule has 0 aliphatic carbocycles. The highest BCUT2D eigenvalue weighted by Gasteiger charge is 2.15. The van der Waals surface area contributed by atoms with Gasteiger partial charge in [-0.25, -0.2) is 9.67 Å². The second-order valence-corrected chi connectivity index (χ2v) is 6.13. The van der Waals surface area contributed by atoms with E-state index in [2.05, 4.69) is 31.8 Å². The Hall–Kier alpha value is -3.73. The summed E-state index contributed by atoms with van der Waals surface area (Å²) in [7, 11) is 0. The van der Waals surface area contributed by atoms with Gasteiger partial charge in [-0.15, -0.1) is 0 Å². The lowest BCUT2D eigenvalue weighted by molar-refractivity contribution is -0.119. The topological polar surface area (TPSA) is 109 Å². The number of benzene rings is 1. The van der Waals surface area contributed by atoms with Crippen LogP contribution in [0.1, 0.15) is 29.9 Å². The Morgan fingerprint density at radius 3 is 2.56 bits per heavy atom. The number of hydrogen-bond donors (Lipinski definition) is 2. The van der Waals surface area contributed by atoms with Crippen LogP contribution in [-0.4, -0.2) is 25.7 Å². The van der Waals surface area contributed by atoms with Crippen molar-refractivity contribution >= 4 is 23.0 Å². The molecule has 1 amide bonds. The first-order valence-corrected chi connectivity index (χ1v) is 8.38. The Bertz CT molecular complexity index is 988. The second kappa shape index (κ2) is 7.66. The van der Waals surface area contributed by atoms with E-state index in [4.69, 9.17) is 0 Å². The molecule has 0 fully saturated rings. The van der Waals surface area contributed by atoms with Crippen molar-refractivity contribution in [3.05, 3.63) is 59.9 Å². The lowest BCUT2D eigenvalue weighted by Gasteiger charge is -2.13. The van der Waals surface area contributed by atoms with E-state index < -0.39 is 6.04 Å². The van der Waals surface area contributed by atoms with Crippen LogP contribution in [0.3, 0.4) is 0 Å². The van der Waals surface area contributed by atoms with E-state index in [1.807, 2.05) is 32.0 Å². The Labute approximate surface area is 156 Å². The van der Waals surface area contributed by atoms with Crippen LogP contribution in [0.25, 0.3) is 0 Å². The van der Waals surface area contributed by atoms with E-state index in [1.165, 1.54) is 17.3 Å². The second-order valence-electron chi connectivity index (χ2n) is 6.13. The molecule has 3 aromatic rings. The monoisotopic (exact) mass is 361 g/mol. The standard InChI is InChI=1S/C19H19N7O/c1-12-8-18(17(9-20)13(2)23-12)24-15-4-6-16(7-5-15)25-19(27)14(3)26-11-21-10-22-26/h4-8,10-11,14H,1-3H3,(H,23,24)(H,25,27). The minimum atomic E-state index is -0.466. The summed E-state index contributed by atoms with van der Waals surface area (Å²) in [5, 5.41) is 19.4. The molecule has 3 rings (SSSR count). The number of nitriles is 1. The van der Waals surface area contributed by atoms with E-state index in [9.17, 15) is 10.1 Å². The van der Waals surface area contributed by atoms with Crippen LogP contribution in [0.4, 0.5) is 17.1 Å². The molecule has 8 heteroatoms. The number of aryl methyl sites for hydroxylation is 2. The van der Waals surface area contributed by atoms with Gasteiger partial charge in [0, 0.05) is 17.1 Å². The summed E-state index contributed by atoms with van der Waals surface area (Å²) in [4.78, 5) is 20.4. The number of pyridine rings is 1. The average Bonchev–Trinajstić information content (AvgIpc) is 3.17. The highest BCUT2D eigenvalue weighted by Crippen LogP contribution is 2.24. The van der Waals surface area contributed by atoms with Crippen LogP contribution >= 0.6 is 0 Å². The van der Waals surface area contributed by atoms with Crippen LogP contribution in [0.15, 0.2) is 43.0 Å². The van der Waals surface area contributed by atoms with Crippen molar-refractivity contribution in [3.63, 3.8) is 0 Å². The number of carbonyl (C=O) groups excluding carboxylic acids is 1. The SMILES string of the molecule is Cc1cc(Nc2ccc(NC(=O)C(C)n3cncn3)cc2)c(C#N)c(C)n1. The van der Waals surface area contributed by atoms with Gasteiger partial charge in [0.2, 0.25) is 5.91 Å². The number of amides is 1. The Morgan fingerprint density at radius 2 is 1.93 bits per heavy atom. The predicted molar refractivity (Wildman–Crippen MR) is 102 cm³/mol. The van der Waals surface area contributed by atoms with Gasteiger partial charge in [-0.1, -0.05) is 0 Å². The third kappa shape index (κ3) is 4.10. The smallest absolute Gasteiger partial charge is 0.249 e. The molecular weight excluding hydrogens is 342 g/mol. The molecule has 1 aromatic carbocycles. The molecule has 0 bridgehead atoms. The average molecular weight is 361 g/mol. The van der Waals surface area contributed by atoms with E-state index in [-0.39, 0.29) is 5.91 Å². The Balaban J connectivity index is 1.71. The molecular formula is C19H19N7O. The number of nitrogens with one attached hydrogen (secondary N) is 2. The zero-order valence-corrected chi connectivity index (χ0v) is 15.3. The van der Waals surface area contributed by atoms with Crippen molar-refractivity contribution in [2.45, 2.75) is 26.8 Å². The van der Waals surface area contributed by atoms with E-state index in [0.717, 1.165) is 11.4 Å². The minimum Gasteiger partial charge on any atom is -0.354 e. The molecule has 8 nitrogen and oxygen atoms in total. The first kappa shape index (κ1) is 18.1. The van der Waals surface area contributed by atoms with Gasteiger partial charge in [0.1, 0.15) is 24.8 Å². The van der Waals surface area contributed by atoms with E-state index >= 15 is 0 Å². The summed E-state index contributed by atoms with van der Waals surface area (Å²) in [6, 6.07) is 10.8. The Morgan fingerprint density at radius 1 is 1.22 bits per heavy atom. The molecule has 2 heterocycles. The number of rotatable bonds is 5. The predicted octanol–water partition coefficient (Wildman–Crippen LogP) is 3.10. The number of aromatic nitrogens is 4. The molecule has 0 saturated heterocycles. The van der Waals surface area contributed by atoms with E-state index in [0.29, 0.717) is 22.6 Å². The first-order chi connectivity index (χ1) is 13.0. The molecule has 0 spiro atoms. The fourth-order valence-corrected chi connectivity index (χ4v) is 2.64. The zero-order valence-electron chi connectivity index (χ0n) is 15.3. The maximum absolute atomic E-state index is 12.3. The van der Waals surface area contributed by atoms with Crippen molar-refractivity contribution in [3.8, 4) is 6.07 Å². The van der Waals surface area contributed by atoms with Gasteiger partial charge in [-0.3, -0.25) is 9.78 Å². The minimum absolute atomic E-state index is 0.187. The van der Waals surface area contributed by atoms with E-state index in [1.54, 1.807) is 19.1 Å². The maximum atomic E-state index is 12.3. The number of anilines is 3. The lowest BCUT2D eigenvalue weighted by Crippen LogP contribution is -2.23. The van der Waals surface area contributed by atoms with Crippen molar-refractivity contribution in [1.29, 1.82) is 5.26 Å². The summed E-state index contributed by atoms with van der Waals surface area (Å²) < 4.78 is 1.49. The molecule has 1 atom stereocenters. The van der Waals surface area contributed by atoms with Crippen LogP contribution in [0.5, 0.6) is 0 Å². The fourth-order valence-electron chi connectivity index (χ4n) is 2.64. The van der Waals surface area contributed by atoms with Gasteiger partial charge in [-0.2, -0.15) is 10.4 Å². The van der Waals surface area contributed by atoms with Crippen LogP contribution in [0.2, 0.25) is 0 Å². The summed E-state index contributed by atoms with van der Waals surface area (Å²) in [5.74, 6) is -0.187. The van der Waals surface area contributed by atoms with Gasteiger partial charge in [0.25, 0.3) is 0 Å². The molecule has 0 aliphatic heterocycles. The number of carbonyl (C=O) groups is 1. The zero-order chi connectivity index (χ0) is 19.4. The largest absolute Gasteiger partial charge is 0.354 e. The summed E-state index contributed by atoms with van der Waals surface area (Å²) in [5.41, 5.74) is 4.21. The number of hydrogen-bond acceptors (Lipinski definition) is 6. The molecule has 136 valence electrons. The van der Waals surface area contributed by atoms with Crippen LogP contribution < -0.4 is 10.6 Å². The normalized spacial score (nSPS) is 11.5. The van der Waals surface area contributed by atoms with Crippen LogP contribution in [-0.2, 0) is 4.79 Å². The maximum Gasteiger partial charge on any atom is 0.249 e. The lowest BCUT2D eigenvalue weighted by atomic mass is 10.1. The summed E-state index contributed by atoms with van der Waals surface area (Å²) >= 11 is 0. The van der Waals surface area contributed by atoms with Gasteiger partial charge in [-0.05, 0) is 51.1 Å². The highest BCUT2D eigenvalue weighted by atomic mass is 16.2. The molecule has 27 heavy (non-hydrogen) atoms. The van der Waals surface area contributed by atoms with Crippen LogP contribution in [0, 0.1) is 25.2 Å². The molecule has 2 aromatic heterocycles.